The van der Waals surface area contributed by atoms with Crippen LogP contribution in [0.2, 0.25) is 0 Å². The minimum atomic E-state index is -0.0757. The number of benzene rings is 5. The topological polar surface area (TPSA) is 47.3 Å². The fourth-order valence-corrected chi connectivity index (χ4v) is 9.36. The average Bonchev–Trinajstić information content (AvgIpc) is 3.64. The molecule has 4 aliphatic rings. The predicted octanol–water partition coefficient (Wildman–Crippen LogP) is 12.9. The van der Waals surface area contributed by atoms with Gasteiger partial charge in [-0.1, -0.05) is 157 Å². The number of fused-ring (bicyclic) bond motifs is 3. The number of rotatable bonds is 11. The second kappa shape index (κ2) is 16.6. The van der Waals surface area contributed by atoms with Crippen molar-refractivity contribution >= 4 is 16.8 Å². The van der Waals surface area contributed by atoms with Gasteiger partial charge in [0, 0.05) is 46.8 Å². The van der Waals surface area contributed by atoms with E-state index in [1.54, 1.807) is 0 Å². The molecule has 1 aliphatic heterocycles. The van der Waals surface area contributed by atoms with E-state index in [4.69, 9.17) is 10.5 Å². The summed E-state index contributed by atoms with van der Waals surface area (Å²) in [6.07, 6.45) is 22.7. The first-order valence-electron chi connectivity index (χ1n) is 20.7. The van der Waals surface area contributed by atoms with Crippen molar-refractivity contribution in [3.8, 4) is 5.75 Å². The zero-order chi connectivity index (χ0) is 37.7. The molecule has 9 rings (SSSR count). The average molecular weight is 733 g/mol. The van der Waals surface area contributed by atoms with Crippen LogP contribution < -0.4 is 15.8 Å². The smallest absolute Gasteiger partial charge is 0.123 e. The van der Waals surface area contributed by atoms with Crippen LogP contribution in [0.1, 0.15) is 96.2 Å². The van der Waals surface area contributed by atoms with Gasteiger partial charge in [0.2, 0.25) is 0 Å². The van der Waals surface area contributed by atoms with E-state index in [2.05, 4.69) is 175 Å². The molecule has 5 atom stereocenters. The van der Waals surface area contributed by atoms with Crippen LogP contribution in [0.5, 0.6) is 5.75 Å². The highest BCUT2D eigenvalue weighted by molar-refractivity contribution is 5.78. The number of ether oxygens (including phenoxy) is 1. The van der Waals surface area contributed by atoms with Gasteiger partial charge in [0.05, 0.1) is 0 Å². The molecule has 0 spiro atoms. The summed E-state index contributed by atoms with van der Waals surface area (Å²) in [7, 11) is 0. The van der Waals surface area contributed by atoms with Crippen LogP contribution >= 0.6 is 0 Å². The second-order valence-corrected chi connectivity index (χ2v) is 16.0. The van der Waals surface area contributed by atoms with Crippen molar-refractivity contribution in [3.05, 3.63) is 215 Å². The minimum Gasteiger partial charge on any atom is -0.489 e. The van der Waals surface area contributed by atoms with E-state index in [1.165, 1.54) is 61.5 Å². The molecule has 3 heteroatoms. The van der Waals surface area contributed by atoms with Gasteiger partial charge in [-0.25, -0.2) is 0 Å². The zero-order valence-corrected chi connectivity index (χ0v) is 32.2. The number of nitrogens with one attached hydrogen (secondary N) is 1. The highest BCUT2D eigenvalue weighted by Crippen LogP contribution is 2.47. The van der Waals surface area contributed by atoms with Crippen LogP contribution in [0.4, 0.5) is 5.69 Å². The largest absolute Gasteiger partial charge is 0.489 e. The molecule has 0 bridgehead atoms. The quantitative estimate of drug-likeness (QED) is 0.133. The highest BCUT2D eigenvalue weighted by atomic mass is 16.5. The lowest BCUT2D eigenvalue weighted by atomic mass is 9.78. The molecule has 0 radical (unpaired) electrons. The third kappa shape index (κ3) is 8.01. The van der Waals surface area contributed by atoms with Crippen LogP contribution in [-0.2, 0) is 6.42 Å². The summed E-state index contributed by atoms with van der Waals surface area (Å²) in [6.45, 7) is 0. The minimum absolute atomic E-state index is 0.0757. The normalized spacial score (nSPS) is 22.2. The fraction of sp³-hybridized carbons (Fsp3) is 0.245. The summed E-state index contributed by atoms with van der Waals surface area (Å²) in [5, 5.41) is 3.85. The summed E-state index contributed by atoms with van der Waals surface area (Å²) < 4.78 is 6.43. The third-order valence-corrected chi connectivity index (χ3v) is 12.4. The Morgan fingerprint density at radius 1 is 0.786 bits per heavy atom. The molecule has 0 saturated heterocycles. The Labute approximate surface area is 333 Å². The van der Waals surface area contributed by atoms with Crippen molar-refractivity contribution < 1.29 is 4.74 Å². The van der Waals surface area contributed by atoms with Gasteiger partial charge < -0.3 is 15.8 Å². The van der Waals surface area contributed by atoms with Crippen molar-refractivity contribution in [2.24, 2.45) is 11.7 Å². The van der Waals surface area contributed by atoms with Gasteiger partial charge in [0.1, 0.15) is 11.9 Å². The highest BCUT2D eigenvalue weighted by Gasteiger charge is 2.37. The Morgan fingerprint density at radius 3 is 2.41 bits per heavy atom. The maximum absolute atomic E-state index is 6.94. The lowest BCUT2D eigenvalue weighted by Crippen LogP contribution is -2.25. The molecule has 0 amide bonds. The monoisotopic (exact) mass is 732 g/mol. The van der Waals surface area contributed by atoms with E-state index in [-0.39, 0.29) is 12.1 Å². The summed E-state index contributed by atoms with van der Waals surface area (Å²) in [5.41, 5.74) is 21.4. The lowest BCUT2D eigenvalue weighted by Gasteiger charge is -2.29. The van der Waals surface area contributed by atoms with Gasteiger partial charge in [0.25, 0.3) is 0 Å². The van der Waals surface area contributed by atoms with Gasteiger partial charge in [-0.2, -0.15) is 0 Å². The Bertz CT molecular complexity index is 2300. The first-order chi connectivity index (χ1) is 27.6. The van der Waals surface area contributed by atoms with E-state index in [0.717, 1.165) is 57.1 Å². The number of hydrogen-bond acceptors (Lipinski definition) is 3. The van der Waals surface area contributed by atoms with E-state index in [0.29, 0.717) is 17.8 Å². The first kappa shape index (κ1) is 36.0. The van der Waals surface area contributed by atoms with Crippen molar-refractivity contribution in [3.63, 3.8) is 0 Å². The molecule has 56 heavy (non-hydrogen) atoms. The number of anilines is 1. The standard InChI is InChI=1S/C53H52N2O/c54-50(35-43(38-15-5-2-6-16-38)26-25-37-13-3-1-4-14-37)40-29-27-39(28-30-40)41-17-11-19-45(33-41)47-21-7-9-23-51(47)55-46-20-12-18-42(34-46)44-31-32-49-48-22-8-10-24-52(48)56-53(49)36-44/h1-10,12-16,19-24,26-31,34,41-42,49-50,53,55H,11,17-18,25,32-33,35-36,54H2/b43-26+. The Kier molecular flexibility index (Phi) is 10.7. The van der Waals surface area contributed by atoms with Gasteiger partial charge in [0.15, 0.2) is 0 Å². The van der Waals surface area contributed by atoms with Gasteiger partial charge in [-0.15, -0.1) is 0 Å². The van der Waals surface area contributed by atoms with Crippen molar-refractivity contribution in [2.45, 2.75) is 75.3 Å². The molecule has 3 N–H and O–H groups in total. The van der Waals surface area contributed by atoms with Crippen LogP contribution in [0, 0.1) is 5.92 Å². The molecule has 280 valence electrons. The van der Waals surface area contributed by atoms with Gasteiger partial charge in [-0.3, -0.25) is 0 Å². The molecule has 5 unspecified atom stereocenters. The number of nitrogens with two attached hydrogens (primary N) is 1. The molecule has 5 aromatic rings. The van der Waals surface area contributed by atoms with E-state index in [9.17, 15) is 0 Å². The second-order valence-electron chi connectivity index (χ2n) is 16.0. The summed E-state index contributed by atoms with van der Waals surface area (Å²) in [4.78, 5) is 0. The third-order valence-electron chi connectivity index (χ3n) is 12.4. The molecular formula is C53H52N2O. The Balaban J connectivity index is 0.856. The SMILES string of the molecule is NC(C/C(=C\Cc1ccccc1)c1ccccc1)c1ccc(C2CCC=C(c3ccccc3NC3=CC(C4=CCC5c6ccccc6OC5C4)CC=C3)C2)cc1. The molecule has 0 saturated carbocycles. The van der Waals surface area contributed by atoms with E-state index >= 15 is 0 Å². The summed E-state index contributed by atoms with van der Waals surface area (Å²) >= 11 is 0. The van der Waals surface area contributed by atoms with Crippen molar-refractivity contribution in [1.29, 1.82) is 0 Å². The van der Waals surface area contributed by atoms with Crippen LogP contribution in [0.3, 0.4) is 0 Å². The van der Waals surface area contributed by atoms with Crippen molar-refractivity contribution in [1.82, 2.24) is 0 Å². The molecule has 3 aliphatic carbocycles. The van der Waals surface area contributed by atoms with Crippen molar-refractivity contribution in [2.75, 3.05) is 5.32 Å². The van der Waals surface area contributed by atoms with Gasteiger partial charge in [-0.05, 0) is 102 Å². The predicted molar refractivity (Wildman–Crippen MR) is 233 cm³/mol. The summed E-state index contributed by atoms with van der Waals surface area (Å²) in [5.74, 6) is 2.43. The lowest BCUT2D eigenvalue weighted by molar-refractivity contribution is 0.195. The number of allylic oxidation sites excluding steroid dienone is 7. The maximum Gasteiger partial charge on any atom is 0.123 e. The Morgan fingerprint density at radius 2 is 1.55 bits per heavy atom. The van der Waals surface area contributed by atoms with Crippen LogP contribution in [0.15, 0.2) is 181 Å². The Hall–Kier alpha value is -5.64. The molecule has 0 aromatic heterocycles. The van der Waals surface area contributed by atoms with Crippen LogP contribution in [-0.4, -0.2) is 6.10 Å². The number of para-hydroxylation sites is 2. The number of hydrogen-bond donors (Lipinski definition) is 2. The maximum atomic E-state index is 6.94. The first-order valence-corrected chi connectivity index (χ1v) is 20.7. The van der Waals surface area contributed by atoms with E-state index < -0.39 is 0 Å². The molecule has 1 heterocycles. The van der Waals surface area contributed by atoms with Crippen LogP contribution in [0.25, 0.3) is 11.1 Å². The summed E-state index contributed by atoms with van der Waals surface area (Å²) in [6, 6.07) is 47.9. The molecular weight excluding hydrogens is 681 g/mol. The molecule has 0 fully saturated rings. The fourth-order valence-electron chi connectivity index (χ4n) is 9.36. The molecule has 3 nitrogen and oxygen atoms in total. The van der Waals surface area contributed by atoms with Gasteiger partial charge >= 0.3 is 0 Å². The molecule has 5 aromatic carbocycles. The van der Waals surface area contributed by atoms with E-state index in [1.807, 2.05) is 0 Å². The zero-order valence-electron chi connectivity index (χ0n) is 32.2.